The summed E-state index contributed by atoms with van der Waals surface area (Å²) in [6.45, 7) is 7.87. The normalized spacial score (nSPS) is 20.6. The van der Waals surface area contributed by atoms with E-state index < -0.39 is 24.8 Å². The van der Waals surface area contributed by atoms with E-state index in [1.54, 1.807) is 14.2 Å². The van der Waals surface area contributed by atoms with Crippen LogP contribution in [0.25, 0.3) is 0 Å². The lowest BCUT2D eigenvalue weighted by atomic mass is 9.95. The Balaban J connectivity index is 4.95. The molecule has 0 aromatic carbocycles. The molecular formula is C16H34O5. The number of methoxy groups -OCH3 is 2. The van der Waals surface area contributed by atoms with Crippen LogP contribution in [-0.2, 0) is 14.2 Å². The molecule has 5 nitrogen and oxygen atoms in total. The van der Waals surface area contributed by atoms with Gasteiger partial charge in [0.25, 0.3) is 0 Å². The first-order chi connectivity index (χ1) is 10.00. The van der Waals surface area contributed by atoms with Crippen LogP contribution in [0.1, 0.15) is 53.4 Å². The van der Waals surface area contributed by atoms with Gasteiger partial charge in [-0.2, -0.15) is 0 Å². The zero-order valence-corrected chi connectivity index (χ0v) is 14.4. The molecule has 0 amide bonds. The van der Waals surface area contributed by atoms with Crippen LogP contribution in [0.4, 0.5) is 0 Å². The molecule has 0 radical (unpaired) electrons. The molecule has 0 saturated heterocycles. The first kappa shape index (κ1) is 20.8. The highest BCUT2D eigenvalue weighted by Gasteiger charge is 2.33. The second-order valence-electron chi connectivity index (χ2n) is 5.44. The van der Waals surface area contributed by atoms with Crippen LogP contribution in [0, 0.1) is 11.8 Å². The maximum absolute atomic E-state index is 10.1. The van der Waals surface area contributed by atoms with Crippen molar-refractivity contribution in [3.63, 3.8) is 0 Å². The predicted octanol–water partition coefficient (Wildman–Crippen LogP) is 2.54. The third-order valence-corrected chi connectivity index (χ3v) is 4.20. The Kier molecular flexibility index (Phi) is 11.3. The van der Waals surface area contributed by atoms with E-state index in [4.69, 9.17) is 14.2 Å². The van der Waals surface area contributed by atoms with Gasteiger partial charge >= 0.3 is 0 Å². The van der Waals surface area contributed by atoms with Gasteiger partial charge < -0.3 is 24.4 Å². The smallest absolute Gasteiger partial charge is 0.165 e. The van der Waals surface area contributed by atoms with Crippen LogP contribution in [0.15, 0.2) is 0 Å². The largest absolute Gasteiger partial charge is 0.393 e. The fourth-order valence-electron chi connectivity index (χ4n) is 2.69. The second-order valence-corrected chi connectivity index (χ2v) is 5.44. The summed E-state index contributed by atoms with van der Waals surface area (Å²) in [7, 11) is 3.14. The molecule has 0 aromatic heterocycles. The Morgan fingerprint density at radius 3 is 1.19 bits per heavy atom. The molecule has 0 bridgehead atoms. The van der Waals surface area contributed by atoms with Crippen LogP contribution in [-0.4, -0.2) is 49.2 Å². The molecule has 0 aliphatic heterocycles. The van der Waals surface area contributed by atoms with E-state index in [0.717, 1.165) is 12.8 Å². The maximum atomic E-state index is 10.1. The van der Waals surface area contributed by atoms with Crippen molar-refractivity contribution in [1.82, 2.24) is 0 Å². The zero-order valence-electron chi connectivity index (χ0n) is 14.4. The molecule has 21 heavy (non-hydrogen) atoms. The van der Waals surface area contributed by atoms with Crippen molar-refractivity contribution >= 4 is 0 Å². The zero-order chi connectivity index (χ0) is 16.4. The Morgan fingerprint density at radius 1 is 0.667 bits per heavy atom. The summed E-state index contributed by atoms with van der Waals surface area (Å²) >= 11 is 0. The van der Waals surface area contributed by atoms with E-state index in [9.17, 15) is 10.2 Å². The van der Waals surface area contributed by atoms with Gasteiger partial charge in [0.05, 0.1) is 12.2 Å². The van der Waals surface area contributed by atoms with Crippen molar-refractivity contribution < 1.29 is 24.4 Å². The summed E-state index contributed by atoms with van der Waals surface area (Å²) in [6, 6.07) is 0. The Labute approximate surface area is 129 Å². The molecule has 0 rings (SSSR count). The summed E-state index contributed by atoms with van der Waals surface area (Å²) in [6.07, 6.45) is 0.736. The number of aliphatic hydroxyl groups excluding tert-OH is 2. The number of rotatable bonds is 12. The summed E-state index contributed by atoms with van der Waals surface area (Å²) in [5.74, 6) is -0.233. The van der Waals surface area contributed by atoms with Crippen LogP contribution in [0.3, 0.4) is 0 Å². The fraction of sp³-hybridized carbons (Fsp3) is 1.00. The van der Waals surface area contributed by atoms with Crippen molar-refractivity contribution in [1.29, 1.82) is 0 Å². The molecular weight excluding hydrogens is 272 g/mol. The third kappa shape index (κ3) is 6.20. The average Bonchev–Trinajstić information content (AvgIpc) is 2.52. The van der Waals surface area contributed by atoms with Crippen LogP contribution < -0.4 is 0 Å². The highest BCUT2D eigenvalue weighted by molar-refractivity contribution is 4.74. The molecule has 0 fully saturated rings. The van der Waals surface area contributed by atoms with E-state index >= 15 is 0 Å². The number of hydrogen-bond donors (Lipinski definition) is 2. The molecule has 6 unspecified atom stereocenters. The van der Waals surface area contributed by atoms with E-state index in [2.05, 4.69) is 0 Å². The van der Waals surface area contributed by atoms with Crippen molar-refractivity contribution in [2.45, 2.75) is 78.2 Å². The fourth-order valence-corrected chi connectivity index (χ4v) is 2.69. The van der Waals surface area contributed by atoms with Gasteiger partial charge in [-0.25, -0.2) is 0 Å². The molecule has 2 N–H and O–H groups in total. The molecule has 6 atom stereocenters. The molecule has 128 valence electrons. The summed E-state index contributed by atoms with van der Waals surface area (Å²) in [5.41, 5.74) is 0. The highest BCUT2D eigenvalue weighted by Crippen LogP contribution is 2.26. The third-order valence-electron chi connectivity index (χ3n) is 4.20. The van der Waals surface area contributed by atoms with Gasteiger partial charge in [0.1, 0.15) is 0 Å². The average molecular weight is 306 g/mol. The van der Waals surface area contributed by atoms with Crippen molar-refractivity contribution in [3.8, 4) is 0 Å². The van der Waals surface area contributed by atoms with Crippen LogP contribution in [0.5, 0.6) is 0 Å². The number of hydrogen-bond acceptors (Lipinski definition) is 5. The van der Waals surface area contributed by atoms with E-state index in [1.807, 2.05) is 27.7 Å². The molecule has 0 spiro atoms. The Morgan fingerprint density at radius 2 is 1.00 bits per heavy atom. The van der Waals surface area contributed by atoms with Gasteiger partial charge in [0.2, 0.25) is 0 Å². The number of ether oxygens (including phenoxy) is 3. The van der Waals surface area contributed by atoms with E-state index in [-0.39, 0.29) is 11.8 Å². The monoisotopic (exact) mass is 306 g/mol. The minimum atomic E-state index is -0.548. The minimum Gasteiger partial charge on any atom is -0.393 e. The van der Waals surface area contributed by atoms with Gasteiger partial charge in [-0.3, -0.25) is 0 Å². The lowest BCUT2D eigenvalue weighted by molar-refractivity contribution is -0.280. The predicted molar refractivity (Wildman–Crippen MR) is 82.8 cm³/mol. The van der Waals surface area contributed by atoms with Gasteiger partial charge in [-0.05, 0) is 25.7 Å². The van der Waals surface area contributed by atoms with Gasteiger partial charge in [-0.1, -0.05) is 27.7 Å². The maximum Gasteiger partial charge on any atom is 0.165 e. The van der Waals surface area contributed by atoms with Crippen molar-refractivity contribution in [2.75, 3.05) is 14.2 Å². The van der Waals surface area contributed by atoms with Crippen molar-refractivity contribution in [2.24, 2.45) is 11.8 Å². The standard InChI is InChI=1S/C16H34O5/c1-7-11(13(17)9-3)15(19-5)21-16(20-6)12(8-2)14(18)10-4/h11-18H,7-10H2,1-6H3. The first-order valence-corrected chi connectivity index (χ1v) is 8.07. The molecule has 0 aliphatic carbocycles. The summed E-state index contributed by atoms with van der Waals surface area (Å²) in [4.78, 5) is 0. The molecule has 0 aromatic rings. The summed E-state index contributed by atoms with van der Waals surface area (Å²) < 4.78 is 16.8. The topological polar surface area (TPSA) is 68.2 Å². The molecule has 0 aliphatic rings. The van der Waals surface area contributed by atoms with Crippen LogP contribution in [0.2, 0.25) is 0 Å². The highest BCUT2D eigenvalue weighted by atomic mass is 16.8. The van der Waals surface area contributed by atoms with Gasteiger partial charge in [-0.15, -0.1) is 0 Å². The minimum absolute atomic E-state index is 0.117. The Bertz CT molecular complexity index is 225. The second kappa shape index (κ2) is 11.4. The van der Waals surface area contributed by atoms with E-state index in [0.29, 0.717) is 12.8 Å². The summed E-state index contributed by atoms with van der Waals surface area (Å²) in [5, 5.41) is 20.2. The lowest BCUT2D eigenvalue weighted by Crippen LogP contribution is -2.42. The van der Waals surface area contributed by atoms with Crippen LogP contribution >= 0.6 is 0 Å². The lowest BCUT2D eigenvalue weighted by Gasteiger charge is -2.35. The molecule has 0 heterocycles. The van der Waals surface area contributed by atoms with E-state index in [1.165, 1.54) is 0 Å². The van der Waals surface area contributed by atoms with Gasteiger partial charge in [0, 0.05) is 26.1 Å². The Hall–Kier alpha value is -0.200. The number of aliphatic hydroxyl groups is 2. The quantitative estimate of drug-likeness (QED) is 0.542. The first-order valence-electron chi connectivity index (χ1n) is 8.07. The van der Waals surface area contributed by atoms with Gasteiger partial charge in [0.15, 0.2) is 12.6 Å². The van der Waals surface area contributed by atoms with Crippen molar-refractivity contribution in [3.05, 3.63) is 0 Å². The SMILES string of the molecule is CCC(O)C(CC)C(OC)OC(OC)C(CC)C(O)CC. The molecule has 0 saturated carbocycles. The molecule has 5 heteroatoms.